The van der Waals surface area contributed by atoms with Gasteiger partial charge in [0.15, 0.2) is 17.8 Å². The summed E-state index contributed by atoms with van der Waals surface area (Å²) < 4.78 is 18.3. The van der Waals surface area contributed by atoms with Crippen molar-refractivity contribution in [2.75, 3.05) is 11.4 Å². The van der Waals surface area contributed by atoms with Crippen LogP contribution in [0, 0.1) is 22.7 Å². The summed E-state index contributed by atoms with van der Waals surface area (Å²) in [5.41, 5.74) is 2.18. The zero-order valence-electron chi connectivity index (χ0n) is 20.1. The molecule has 0 aliphatic carbocycles. The number of rotatable bonds is 9. The van der Waals surface area contributed by atoms with Gasteiger partial charge in [0.05, 0.1) is 22.8 Å². The molecule has 3 rings (SSSR count). The zero-order chi connectivity index (χ0) is 24.1. The fraction of sp³-hybridized carbons (Fsp3) is 0.462. The molecular weight excluding hydrogens is 434 g/mol. The molecule has 1 unspecified atom stereocenters. The molecule has 0 radical (unpaired) electrons. The van der Waals surface area contributed by atoms with E-state index >= 15 is 0 Å². The maximum absolute atomic E-state index is 10.1. The van der Waals surface area contributed by atoms with Crippen molar-refractivity contribution in [2.45, 2.75) is 82.7 Å². The van der Waals surface area contributed by atoms with Crippen LogP contribution >= 0.6 is 11.8 Å². The molecular formula is C26H31N3O3S. The average Bonchev–Trinajstić information content (AvgIpc) is 2.77. The van der Waals surface area contributed by atoms with Crippen molar-refractivity contribution in [3.05, 3.63) is 35.4 Å². The summed E-state index contributed by atoms with van der Waals surface area (Å²) in [5.74, 6) is 0.802. The third-order valence-corrected chi connectivity index (χ3v) is 6.19. The highest BCUT2D eigenvalue weighted by molar-refractivity contribution is 7.99. The molecule has 0 spiro atoms. The molecule has 0 saturated carbocycles. The predicted molar refractivity (Wildman–Crippen MR) is 130 cm³/mol. The van der Waals surface area contributed by atoms with Gasteiger partial charge in [-0.25, -0.2) is 0 Å². The summed E-state index contributed by atoms with van der Waals surface area (Å²) in [6.45, 7) is 12.4. The van der Waals surface area contributed by atoms with Gasteiger partial charge in [-0.2, -0.15) is 10.5 Å². The molecule has 1 aliphatic heterocycles. The molecule has 1 heterocycles. The van der Waals surface area contributed by atoms with E-state index in [0.29, 0.717) is 11.5 Å². The second-order valence-corrected chi connectivity index (χ2v) is 9.47. The second-order valence-electron chi connectivity index (χ2n) is 8.42. The minimum Gasteiger partial charge on any atom is -0.488 e. The number of fused-ring (bicyclic) bond motifs is 2. The average molecular weight is 466 g/mol. The highest BCUT2D eigenvalue weighted by atomic mass is 32.2. The Bertz CT molecular complexity index is 1090. The smallest absolute Gasteiger partial charge is 0.197 e. The lowest BCUT2D eigenvalue weighted by molar-refractivity contribution is -0.0950. The topological polar surface area (TPSA) is 78.5 Å². The molecule has 1 aliphatic rings. The third-order valence-electron chi connectivity index (χ3n) is 5.04. The summed E-state index contributed by atoms with van der Waals surface area (Å²) in [7, 11) is 0. The summed E-state index contributed by atoms with van der Waals surface area (Å²) in [5, 5.41) is 20.2. The fourth-order valence-electron chi connectivity index (χ4n) is 3.81. The van der Waals surface area contributed by atoms with Crippen LogP contribution in [0.1, 0.15) is 65.5 Å². The number of unbranched alkanes of at least 4 members (excludes halogenated alkanes) is 1. The van der Waals surface area contributed by atoms with Crippen LogP contribution in [0.3, 0.4) is 0 Å². The van der Waals surface area contributed by atoms with Gasteiger partial charge in [-0.15, -0.1) is 0 Å². The third kappa shape index (κ3) is 5.21. The first-order valence-electron chi connectivity index (χ1n) is 11.4. The summed E-state index contributed by atoms with van der Waals surface area (Å²) >= 11 is 1.54. The molecule has 0 bridgehead atoms. The molecule has 0 fully saturated rings. The lowest BCUT2D eigenvalue weighted by Crippen LogP contribution is -2.27. The molecule has 2 aromatic carbocycles. The van der Waals surface area contributed by atoms with E-state index in [-0.39, 0.29) is 23.3 Å². The number of ether oxygens (including phenoxy) is 3. The molecule has 0 amide bonds. The van der Waals surface area contributed by atoms with Gasteiger partial charge in [0, 0.05) is 11.4 Å². The first kappa shape index (κ1) is 24.8. The summed E-state index contributed by atoms with van der Waals surface area (Å²) in [4.78, 5) is 4.05. The van der Waals surface area contributed by atoms with Crippen LogP contribution in [0.15, 0.2) is 34.1 Å². The minimum absolute atomic E-state index is 0.0494. The van der Waals surface area contributed by atoms with E-state index in [1.807, 2.05) is 39.8 Å². The first-order chi connectivity index (χ1) is 15.8. The number of hydrogen-bond acceptors (Lipinski definition) is 7. The SMILES string of the molecule is CCCCN1c2ccccc2Sc2c(OC(C)C)c(C#N)c(C#N)c(OC(C)OC(C)C)c21. The molecule has 7 heteroatoms. The van der Waals surface area contributed by atoms with E-state index in [0.717, 1.165) is 40.6 Å². The molecule has 1 atom stereocenters. The summed E-state index contributed by atoms with van der Waals surface area (Å²) in [6.07, 6.45) is 1.16. The van der Waals surface area contributed by atoms with Crippen LogP contribution in [-0.2, 0) is 4.74 Å². The Hall–Kier alpha value is -2.87. The largest absolute Gasteiger partial charge is 0.488 e. The number of nitriles is 2. The maximum Gasteiger partial charge on any atom is 0.197 e. The van der Waals surface area contributed by atoms with Gasteiger partial charge in [0.2, 0.25) is 0 Å². The van der Waals surface area contributed by atoms with Crippen molar-refractivity contribution >= 4 is 23.1 Å². The molecule has 2 aromatic rings. The number of anilines is 2. The van der Waals surface area contributed by atoms with Gasteiger partial charge in [-0.05, 0) is 53.2 Å². The van der Waals surface area contributed by atoms with Gasteiger partial charge in [0.1, 0.15) is 29.0 Å². The van der Waals surface area contributed by atoms with Crippen molar-refractivity contribution in [2.24, 2.45) is 0 Å². The Morgan fingerprint density at radius 1 is 0.939 bits per heavy atom. The molecule has 6 nitrogen and oxygen atoms in total. The molecule has 0 aromatic heterocycles. The Kier molecular flexibility index (Phi) is 8.13. The van der Waals surface area contributed by atoms with Crippen molar-refractivity contribution in [1.29, 1.82) is 10.5 Å². The molecule has 0 N–H and O–H groups in total. The maximum atomic E-state index is 10.1. The number of hydrogen-bond donors (Lipinski definition) is 0. The molecule has 0 saturated heterocycles. The van der Waals surface area contributed by atoms with Gasteiger partial charge < -0.3 is 19.1 Å². The lowest BCUT2D eigenvalue weighted by atomic mass is 10.0. The monoisotopic (exact) mass is 465 g/mol. The van der Waals surface area contributed by atoms with Crippen LogP contribution in [0.25, 0.3) is 0 Å². The fourth-order valence-corrected chi connectivity index (χ4v) is 5.00. The van der Waals surface area contributed by atoms with E-state index < -0.39 is 6.29 Å². The number of para-hydroxylation sites is 1. The number of benzene rings is 2. The van der Waals surface area contributed by atoms with Crippen LogP contribution in [-0.4, -0.2) is 25.0 Å². The minimum atomic E-state index is -0.597. The van der Waals surface area contributed by atoms with Crippen molar-refractivity contribution < 1.29 is 14.2 Å². The van der Waals surface area contributed by atoms with Crippen molar-refractivity contribution in [3.63, 3.8) is 0 Å². The Balaban J connectivity index is 2.34. The van der Waals surface area contributed by atoms with Crippen LogP contribution in [0.2, 0.25) is 0 Å². The van der Waals surface area contributed by atoms with E-state index in [2.05, 4.69) is 36.1 Å². The van der Waals surface area contributed by atoms with Gasteiger partial charge in [-0.1, -0.05) is 37.2 Å². The van der Waals surface area contributed by atoms with E-state index in [9.17, 15) is 10.5 Å². The normalized spacial score (nSPS) is 13.2. The molecule has 33 heavy (non-hydrogen) atoms. The highest BCUT2D eigenvalue weighted by Gasteiger charge is 2.35. The summed E-state index contributed by atoms with van der Waals surface area (Å²) in [6, 6.07) is 12.6. The lowest BCUT2D eigenvalue weighted by Gasteiger charge is -2.36. The Morgan fingerprint density at radius 3 is 2.21 bits per heavy atom. The van der Waals surface area contributed by atoms with Crippen molar-refractivity contribution in [1.82, 2.24) is 0 Å². The Morgan fingerprint density at radius 2 is 1.61 bits per heavy atom. The zero-order valence-corrected chi connectivity index (χ0v) is 21.0. The van der Waals surface area contributed by atoms with E-state index in [1.54, 1.807) is 18.7 Å². The molecule has 174 valence electrons. The van der Waals surface area contributed by atoms with Gasteiger partial charge in [0.25, 0.3) is 0 Å². The first-order valence-corrected chi connectivity index (χ1v) is 12.2. The second kappa shape index (κ2) is 10.8. The predicted octanol–water partition coefficient (Wildman–Crippen LogP) is 6.77. The highest BCUT2D eigenvalue weighted by Crippen LogP contribution is 2.58. The van der Waals surface area contributed by atoms with Crippen LogP contribution in [0.5, 0.6) is 11.5 Å². The van der Waals surface area contributed by atoms with Gasteiger partial charge in [-0.3, -0.25) is 0 Å². The Labute approximate surface area is 201 Å². The van der Waals surface area contributed by atoms with E-state index in [4.69, 9.17) is 14.2 Å². The van der Waals surface area contributed by atoms with Crippen LogP contribution < -0.4 is 14.4 Å². The van der Waals surface area contributed by atoms with Crippen LogP contribution in [0.4, 0.5) is 11.4 Å². The van der Waals surface area contributed by atoms with Crippen molar-refractivity contribution in [3.8, 4) is 23.6 Å². The standard InChI is InChI=1S/C26H31N3O3S/c1-7-8-13-29-21-11-9-10-12-22(21)33-26-23(29)24(32-18(6)30-16(2)3)19(14-27)20(15-28)25(26)31-17(4)5/h9-12,16-18H,7-8,13H2,1-6H3. The quantitative estimate of drug-likeness (QED) is 0.378. The van der Waals surface area contributed by atoms with Gasteiger partial charge >= 0.3 is 0 Å². The number of nitrogens with zero attached hydrogens (tertiary/aromatic N) is 3. The van der Waals surface area contributed by atoms with E-state index in [1.165, 1.54) is 0 Å².